The second kappa shape index (κ2) is 4.55. The molecule has 2 aromatic heterocycles. The zero-order chi connectivity index (χ0) is 15.4. The molecule has 1 aromatic carbocycles. The lowest BCUT2D eigenvalue weighted by atomic mass is 10.2. The first-order chi connectivity index (χ1) is 10.5. The van der Waals surface area contributed by atoms with E-state index in [1.807, 2.05) is 43.2 Å². The van der Waals surface area contributed by atoms with Gasteiger partial charge in [0.25, 0.3) is 0 Å². The average Bonchev–Trinajstić information content (AvgIpc) is 3.10. The first-order valence-corrected chi connectivity index (χ1v) is 7.35. The molecule has 0 aliphatic carbocycles. The number of aromatic nitrogens is 3. The Hall–Kier alpha value is -2.40. The lowest BCUT2D eigenvalue weighted by Crippen LogP contribution is -2.19. The lowest BCUT2D eigenvalue weighted by Gasteiger charge is -1.95. The summed E-state index contributed by atoms with van der Waals surface area (Å²) in [6.07, 6.45) is 5.90. The van der Waals surface area contributed by atoms with Crippen LogP contribution in [0.4, 0.5) is 0 Å². The monoisotopic (exact) mass is 313 g/mol. The summed E-state index contributed by atoms with van der Waals surface area (Å²) in [7, 11) is 1.98. The van der Waals surface area contributed by atoms with Gasteiger partial charge in [-0.3, -0.25) is 0 Å². The van der Waals surface area contributed by atoms with Gasteiger partial charge in [-0.2, -0.15) is 4.58 Å². The summed E-state index contributed by atoms with van der Waals surface area (Å²) in [5.74, 6) is 0.200. The van der Waals surface area contributed by atoms with E-state index in [0.29, 0.717) is 22.9 Å². The van der Waals surface area contributed by atoms with Gasteiger partial charge in [0.05, 0.1) is 16.6 Å². The van der Waals surface area contributed by atoms with Gasteiger partial charge < -0.3 is 9.55 Å². The summed E-state index contributed by atoms with van der Waals surface area (Å²) < 4.78 is 3.67. The van der Waals surface area contributed by atoms with Crippen molar-refractivity contribution in [3.63, 3.8) is 0 Å². The minimum atomic E-state index is -0.135. The number of amides is 1. The van der Waals surface area contributed by atoms with E-state index >= 15 is 0 Å². The SMILES string of the molecule is Cc1cc2[nH]c(C(=O)[N+]3=Cc4cn(C)cc4C3)nc2cc1Cl. The maximum absolute atomic E-state index is 12.6. The number of nitrogens with zero attached hydrogens (tertiary/aromatic N) is 3. The molecule has 3 heterocycles. The molecular weight excluding hydrogens is 300 g/mol. The van der Waals surface area contributed by atoms with E-state index in [1.54, 1.807) is 10.6 Å². The topological polar surface area (TPSA) is 53.7 Å². The molecule has 4 rings (SSSR count). The Bertz CT molecular complexity index is 925. The van der Waals surface area contributed by atoms with Gasteiger partial charge in [0.1, 0.15) is 0 Å². The summed E-state index contributed by atoms with van der Waals surface area (Å²) in [6.45, 7) is 2.50. The smallest absolute Gasteiger partial charge is 0.356 e. The van der Waals surface area contributed by atoms with Crippen LogP contribution in [-0.2, 0) is 13.6 Å². The van der Waals surface area contributed by atoms with Crippen LogP contribution in [0.15, 0.2) is 24.5 Å². The first kappa shape index (κ1) is 13.3. The number of halogens is 1. The van der Waals surface area contributed by atoms with Crippen LogP contribution in [0.1, 0.15) is 27.3 Å². The van der Waals surface area contributed by atoms with Gasteiger partial charge in [0.2, 0.25) is 5.82 Å². The summed E-state index contributed by atoms with van der Waals surface area (Å²) in [6, 6.07) is 3.69. The molecule has 0 spiro atoms. The summed E-state index contributed by atoms with van der Waals surface area (Å²) in [5.41, 5.74) is 4.70. The number of nitrogens with one attached hydrogen (secondary N) is 1. The van der Waals surface area contributed by atoms with Crippen molar-refractivity contribution >= 4 is 34.8 Å². The van der Waals surface area contributed by atoms with Crippen molar-refractivity contribution in [3.8, 4) is 0 Å². The number of hydrogen-bond acceptors (Lipinski definition) is 2. The standard InChI is InChI=1S/C16H13ClN4O/c1-9-3-13-14(4-12(9)17)19-15(18-13)16(22)21-7-10-5-20(2)6-11(10)8-21/h3-7H,8H2,1-2H3/p+1. The lowest BCUT2D eigenvalue weighted by molar-refractivity contribution is -0.436. The van der Waals surface area contributed by atoms with E-state index in [0.717, 1.165) is 22.2 Å². The van der Waals surface area contributed by atoms with E-state index in [4.69, 9.17) is 11.6 Å². The minimum Gasteiger partial charge on any atom is -0.356 e. The predicted molar refractivity (Wildman–Crippen MR) is 84.7 cm³/mol. The number of hydrogen-bond donors (Lipinski definition) is 1. The molecule has 1 amide bonds. The zero-order valence-electron chi connectivity index (χ0n) is 12.2. The van der Waals surface area contributed by atoms with E-state index in [9.17, 15) is 4.79 Å². The Kier molecular flexibility index (Phi) is 2.74. The van der Waals surface area contributed by atoms with Crippen LogP contribution in [0.3, 0.4) is 0 Å². The first-order valence-electron chi connectivity index (χ1n) is 6.98. The Morgan fingerprint density at radius 3 is 3.00 bits per heavy atom. The molecule has 5 nitrogen and oxygen atoms in total. The van der Waals surface area contributed by atoms with Crippen molar-refractivity contribution in [2.45, 2.75) is 13.5 Å². The quantitative estimate of drug-likeness (QED) is 0.702. The van der Waals surface area contributed by atoms with Crippen molar-refractivity contribution in [2.75, 3.05) is 0 Å². The molecule has 0 saturated carbocycles. The summed E-state index contributed by atoms with van der Waals surface area (Å²) >= 11 is 6.11. The number of H-pyrrole nitrogens is 1. The fraction of sp³-hybridized carbons (Fsp3) is 0.188. The van der Waals surface area contributed by atoms with Crippen LogP contribution >= 0.6 is 11.6 Å². The number of rotatable bonds is 1. The Balaban J connectivity index is 1.72. The van der Waals surface area contributed by atoms with E-state index in [1.165, 1.54) is 0 Å². The molecule has 3 aromatic rings. The largest absolute Gasteiger partial charge is 0.455 e. The molecule has 0 atom stereocenters. The van der Waals surface area contributed by atoms with Gasteiger partial charge in [0.15, 0.2) is 12.8 Å². The zero-order valence-corrected chi connectivity index (χ0v) is 13.0. The molecule has 0 bridgehead atoms. The number of carbonyl (C=O) groups excluding carboxylic acids is 1. The predicted octanol–water partition coefficient (Wildman–Crippen LogP) is 2.65. The van der Waals surface area contributed by atoms with E-state index in [-0.39, 0.29) is 5.91 Å². The number of imidazole rings is 1. The fourth-order valence-electron chi connectivity index (χ4n) is 2.81. The molecule has 0 saturated heterocycles. The van der Waals surface area contributed by atoms with Gasteiger partial charge in [-0.05, 0) is 24.6 Å². The van der Waals surface area contributed by atoms with E-state index in [2.05, 4.69) is 9.97 Å². The van der Waals surface area contributed by atoms with E-state index < -0.39 is 0 Å². The van der Waals surface area contributed by atoms with Gasteiger partial charge in [-0.25, -0.2) is 9.78 Å². The van der Waals surface area contributed by atoms with Crippen molar-refractivity contribution in [2.24, 2.45) is 7.05 Å². The Morgan fingerprint density at radius 1 is 1.41 bits per heavy atom. The summed E-state index contributed by atoms with van der Waals surface area (Å²) in [4.78, 5) is 20.1. The minimum absolute atomic E-state index is 0.135. The molecule has 1 aliphatic rings. The maximum atomic E-state index is 12.6. The normalized spacial score (nSPS) is 13.5. The molecule has 110 valence electrons. The molecule has 6 heteroatoms. The molecule has 1 N–H and O–H groups in total. The number of fused-ring (bicyclic) bond motifs is 2. The van der Waals surface area contributed by atoms with Crippen LogP contribution < -0.4 is 0 Å². The molecule has 1 aliphatic heterocycles. The highest BCUT2D eigenvalue weighted by atomic mass is 35.5. The van der Waals surface area contributed by atoms with Crippen LogP contribution in [-0.4, -0.2) is 31.2 Å². The van der Waals surface area contributed by atoms with Crippen LogP contribution in [0.5, 0.6) is 0 Å². The van der Waals surface area contributed by atoms with Crippen LogP contribution in [0.25, 0.3) is 11.0 Å². The maximum Gasteiger partial charge on any atom is 0.455 e. The van der Waals surface area contributed by atoms with Crippen molar-refractivity contribution in [3.05, 3.63) is 52.1 Å². The van der Waals surface area contributed by atoms with Crippen molar-refractivity contribution in [1.82, 2.24) is 14.5 Å². The van der Waals surface area contributed by atoms with Gasteiger partial charge in [0, 0.05) is 30.0 Å². The second-order valence-electron chi connectivity index (χ2n) is 5.67. The molecule has 0 radical (unpaired) electrons. The molecular formula is C16H14ClN4O+. The highest BCUT2D eigenvalue weighted by Crippen LogP contribution is 2.22. The highest BCUT2D eigenvalue weighted by molar-refractivity contribution is 6.32. The number of aromatic amines is 1. The number of benzene rings is 1. The van der Waals surface area contributed by atoms with Crippen molar-refractivity contribution in [1.29, 1.82) is 0 Å². The third-order valence-electron chi connectivity index (χ3n) is 3.93. The molecule has 0 fully saturated rings. The third-order valence-corrected chi connectivity index (χ3v) is 4.34. The molecule has 0 unspecified atom stereocenters. The Morgan fingerprint density at radius 2 is 2.23 bits per heavy atom. The number of aryl methyl sites for hydroxylation is 2. The fourth-order valence-corrected chi connectivity index (χ4v) is 2.97. The van der Waals surface area contributed by atoms with Gasteiger partial charge >= 0.3 is 5.91 Å². The third kappa shape index (κ3) is 1.97. The number of carbonyl (C=O) groups is 1. The van der Waals surface area contributed by atoms with Gasteiger partial charge in [-0.15, -0.1) is 0 Å². The highest BCUT2D eigenvalue weighted by Gasteiger charge is 2.30. The van der Waals surface area contributed by atoms with Crippen LogP contribution in [0, 0.1) is 6.92 Å². The molecule has 22 heavy (non-hydrogen) atoms. The average molecular weight is 314 g/mol. The summed E-state index contributed by atoms with van der Waals surface area (Å²) in [5, 5.41) is 0.651. The Labute approximate surface area is 131 Å². The van der Waals surface area contributed by atoms with Gasteiger partial charge in [-0.1, -0.05) is 11.6 Å². The van der Waals surface area contributed by atoms with Crippen molar-refractivity contribution < 1.29 is 9.37 Å². The second-order valence-corrected chi connectivity index (χ2v) is 6.08. The van der Waals surface area contributed by atoms with Crippen LogP contribution in [0.2, 0.25) is 5.02 Å².